The SMILES string of the molecule is c1ccc2c(c1)NCC(C1C3CC4CC(C3)CC1C4)O2. The average molecular weight is 269 g/mol. The molecule has 0 aromatic heterocycles. The quantitative estimate of drug-likeness (QED) is 0.834. The largest absolute Gasteiger partial charge is 0.486 e. The van der Waals surface area contributed by atoms with Crippen molar-refractivity contribution in [3.63, 3.8) is 0 Å². The minimum Gasteiger partial charge on any atom is -0.486 e. The van der Waals surface area contributed by atoms with Crippen LogP contribution in [-0.4, -0.2) is 12.6 Å². The molecule has 4 fully saturated rings. The fourth-order valence-corrected chi connectivity index (χ4v) is 5.92. The lowest BCUT2D eigenvalue weighted by Gasteiger charge is -2.56. The van der Waals surface area contributed by atoms with Gasteiger partial charge >= 0.3 is 0 Å². The van der Waals surface area contributed by atoms with E-state index in [1.165, 1.54) is 37.8 Å². The molecular weight excluding hydrogens is 246 g/mol. The van der Waals surface area contributed by atoms with Gasteiger partial charge in [-0.2, -0.15) is 0 Å². The maximum Gasteiger partial charge on any atom is 0.142 e. The molecule has 1 heterocycles. The number of para-hydroxylation sites is 2. The number of benzene rings is 1. The third-order valence-electron chi connectivity index (χ3n) is 6.39. The van der Waals surface area contributed by atoms with Crippen LogP contribution in [-0.2, 0) is 0 Å². The highest BCUT2D eigenvalue weighted by Crippen LogP contribution is 2.58. The molecule has 4 saturated carbocycles. The van der Waals surface area contributed by atoms with Crippen LogP contribution in [0.5, 0.6) is 5.75 Å². The van der Waals surface area contributed by atoms with Gasteiger partial charge in [0, 0.05) is 5.92 Å². The molecule has 4 bridgehead atoms. The summed E-state index contributed by atoms with van der Waals surface area (Å²) in [5, 5.41) is 3.60. The van der Waals surface area contributed by atoms with E-state index in [1.54, 1.807) is 0 Å². The van der Waals surface area contributed by atoms with E-state index in [0.29, 0.717) is 6.10 Å². The highest BCUT2D eigenvalue weighted by molar-refractivity contribution is 5.57. The van der Waals surface area contributed by atoms with Crippen molar-refractivity contribution >= 4 is 5.69 Å². The molecule has 0 saturated heterocycles. The van der Waals surface area contributed by atoms with E-state index in [0.717, 1.165) is 41.9 Å². The van der Waals surface area contributed by atoms with Crippen molar-refractivity contribution in [2.24, 2.45) is 29.6 Å². The normalized spacial score (nSPS) is 44.6. The minimum atomic E-state index is 0.403. The lowest BCUT2D eigenvalue weighted by molar-refractivity contribution is -0.0796. The Morgan fingerprint density at radius 3 is 2.35 bits per heavy atom. The van der Waals surface area contributed by atoms with Gasteiger partial charge in [-0.15, -0.1) is 0 Å². The summed E-state index contributed by atoms with van der Waals surface area (Å²) in [4.78, 5) is 0. The summed E-state index contributed by atoms with van der Waals surface area (Å²) in [6.45, 7) is 1.00. The average Bonchev–Trinajstić information content (AvgIpc) is 2.46. The van der Waals surface area contributed by atoms with Crippen LogP contribution in [0.2, 0.25) is 0 Å². The standard InChI is InChI=1S/C18H23NO/c1-2-4-16-15(3-1)19-10-17(20-16)18-13-6-11-5-12(8-13)9-14(18)7-11/h1-4,11-14,17-19H,5-10H2. The van der Waals surface area contributed by atoms with Gasteiger partial charge in [-0.1, -0.05) is 12.1 Å². The van der Waals surface area contributed by atoms with Gasteiger partial charge in [0.1, 0.15) is 11.9 Å². The van der Waals surface area contributed by atoms with E-state index in [4.69, 9.17) is 4.74 Å². The summed E-state index contributed by atoms with van der Waals surface area (Å²) in [6.07, 6.45) is 7.88. The van der Waals surface area contributed by atoms with Crippen molar-refractivity contribution in [1.82, 2.24) is 0 Å². The molecule has 0 spiro atoms. The number of nitrogens with one attached hydrogen (secondary N) is 1. The molecule has 0 amide bonds. The van der Waals surface area contributed by atoms with E-state index in [1.807, 2.05) is 0 Å². The molecule has 5 aliphatic rings. The summed E-state index contributed by atoms with van der Waals surface area (Å²) in [7, 11) is 0. The van der Waals surface area contributed by atoms with Crippen LogP contribution in [0.1, 0.15) is 32.1 Å². The Morgan fingerprint density at radius 1 is 0.900 bits per heavy atom. The zero-order chi connectivity index (χ0) is 13.1. The molecule has 1 aliphatic heterocycles. The zero-order valence-corrected chi connectivity index (χ0v) is 11.9. The van der Waals surface area contributed by atoms with Gasteiger partial charge in [0.05, 0.1) is 12.2 Å². The Hall–Kier alpha value is -1.18. The highest BCUT2D eigenvalue weighted by atomic mass is 16.5. The van der Waals surface area contributed by atoms with Crippen LogP contribution in [0.3, 0.4) is 0 Å². The first kappa shape index (κ1) is 11.5. The minimum absolute atomic E-state index is 0.403. The smallest absolute Gasteiger partial charge is 0.142 e. The first-order chi connectivity index (χ1) is 9.87. The van der Waals surface area contributed by atoms with Gasteiger partial charge in [-0.05, 0) is 67.9 Å². The Morgan fingerprint density at radius 2 is 1.60 bits per heavy atom. The Labute approximate surface area is 120 Å². The van der Waals surface area contributed by atoms with E-state index in [9.17, 15) is 0 Å². The molecule has 2 heteroatoms. The zero-order valence-electron chi connectivity index (χ0n) is 11.9. The van der Waals surface area contributed by atoms with E-state index < -0.39 is 0 Å². The van der Waals surface area contributed by atoms with Crippen LogP contribution in [0, 0.1) is 29.6 Å². The number of anilines is 1. The van der Waals surface area contributed by atoms with E-state index in [2.05, 4.69) is 29.6 Å². The molecule has 4 aliphatic carbocycles. The van der Waals surface area contributed by atoms with Gasteiger partial charge in [0.15, 0.2) is 0 Å². The van der Waals surface area contributed by atoms with Crippen molar-refractivity contribution in [2.75, 3.05) is 11.9 Å². The third kappa shape index (κ3) is 1.63. The molecule has 2 nitrogen and oxygen atoms in total. The maximum absolute atomic E-state index is 6.40. The Balaban J connectivity index is 1.42. The molecule has 1 atom stereocenters. The predicted octanol–water partition coefficient (Wildman–Crippen LogP) is 3.93. The number of ether oxygens (including phenoxy) is 1. The van der Waals surface area contributed by atoms with Crippen LogP contribution < -0.4 is 10.1 Å². The second-order valence-corrected chi connectivity index (χ2v) is 7.54. The lowest BCUT2D eigenvalue weighted by atomic mass is 9.51. The molecule has 106 valence electrons. The van der Waals surface area contributed by atoms with Crippen LogP contribution >= 0.6 is 0 Å². The molecule has 0 radical (unpaired) electrons. The molecular formula is C18H23NO. The van der Waals surface area contributed by atoms with Crippen molar-refractivity contribution in [2.45, 2.75) is 38.2 Å². The van der Waals surface area contributed by atoms with Crippen LogP contribution in [0.4, 0.5) is 5.69 Å². The van der Waals surface area contributed by atoms with Crippen molar-refractivity contribution in [1.29, 1.82) is 0 Å². The monoisotopic (exact) mass is 269 g/mol. The molecule has 1 unspecified atom stereocenters. The van der Waals surface area contributed by atoms with Gasteiger partial charge in [0.25, 0.3) is 0 Å². The topological polar surface area (TPSA) is 21.3 Å². The first-order valence-electron chi connectivity index (χ1n) is 8.36. The van der Waals surface area contributed by atoms with Crippen molar-refractivity contribution in [3.8, 4) is 5.75 Å². The summed E-state index contributed by atoms with van der Waals surface area (Å²) in [5.41, 5.74) is 1.17. The summed E-state index contributed by atoms with van der Waals surface area (Å²) in [6, 6.07) is 8.41. The second kappa shape index (κ2) is 4.16. The van der Waals surface area contributed by atoms with Gasteiger partial charge in [0.2, 0.25) is 0 Å². The van der Waals surface area contributed by atoms with E-state index in [-0.39, 0.29) is 0 Å². The van der Waals surface area contributed by atoms with E-state index >= 15 is 0 Å². The number of hydrogen-bond donors (Lipinski definition) is 1. The van der Waals surface area contributed by atoms with Crippen molar-refractivity contribution in [3.05, 3.63) is 24.3 Å². The summed E-state index contributed by atoms with van der Waals surface area (Å²) >= 11 is 0. The molecule has 6 rings (SSSR count). The second-order valence-electron chi connectivity index (χ2n) is 7.54. The summed E-state index contributed by atoms with van der Waals surface area (Å²) < 4.78 is 6.40. The first-order valence-corrected chi connectivity index (χ1v) is 8.36. The van der Waals surface area contributed by atoms with Crippen molar-refractivity contribution < 1.29 is 4.74 Å². The number of hydrogen-bond acceptors (Lipinski definition) is 2. The summed E-state index contributed by atoms with van der Waals surface area (Å²) in [5.74, 6) is 5.88. The fraction of sp³-hybridized carbons (Fsp3) is 0.667. The fourth-order valence-electron chi connectivity index (χ4n) is 5.92. The number of rotatable bonds is 1. The molecule has 1 N–H and O–H groups in total. The van der Waals surface area contributed by atoms with Gasteiger partial charge < -0.3 is 10.1 Å². The highest BCUT2D eigenvalue weighted by Gasteiger charge is 2.51. The Kier molecular flexibility index (Phi) is 2.39. The third-order valence-corrected chi connectivity index (χ3v) is 6.39. The maximum atomic E-state index is 6.40. The molecule has 1 aromatic carbocycles. The van der Waals surface area contributed by atoms with Crippen LogP contribution in [0.25, 0.3) is 0 Å². The Bertz CT molecular complexity index is 498. The molecule has 20 heavy (non-hydrogen) atoms. The van der Waals surface area contributed by atoms with Gasteiger partial charge in [-0.25, -0.2) is 0 Å². The molecule has 1 aromatic rings. The van der Waals surface area contributed by atoms with Crippen LogP contribution in [0.15, 0.2) is 24.3 Å². The number of fused-ring (bicyclic) bond motifs is 1. The lowest BCUT2D eigenvalue weighted by Crippen LogP contribution is -2.53. The van der Waals surface area contributed by atoms with Gasteiger partial charge in [-0.3, -0.25) is 0 Å². The predicted molar refractivity (Wildman–Crippen MR) is 79.9 cm³/mol.